The van der Waals surface area contributed by atoms with E-state index in [9.17, 15) is 13.2 Å². The molecule has 0 saturated heterocycles. The summed E-state index contributed by atoms with van der Waals surface area (Å²) >= 11 is 0. The first-order valence-electron chi connectivity index (χ1n) is 6.49. The number of alkyl halides is 3. The van der Waals surface area contributed by atoms with E-state index in [0.717, 1.165) is 4.57 Å². The molecule has 0 radical (unpaired) electrons. The maximum absolute atomic E-state index is 13.6. The normalized spacial score (nSPS) is 13.0. The second-order valence-corrected chi connectivity index (χ2v) is 4.57. The van der Waals surface area contributed by atoms with E-state index in [2.05, 4.69) is 15.0 Å². The smallest absolute Gasteiger partial charge is 0.312 e. The molecule has 0 aliphatic rings. The average Bonchev–Trinajstić information content (AvgIpc) is 2.97. The molecule has 3 rings (SSSR count). The topological polar surface area (TPSA) is 43.6 Å². The van der Waals surface area contributed by atoms with E-state index < -0.39 is 12.2 Å². The largest absolute Gasteiger partial charge is 0.414 e. The van der Waals surface area contributed by atoms with Gasteiger partial charge in [0, 0.05) is 24.8 Å². The Balaban J connectivity index is 2.14. The molecule has 0 bridgehead atoms. The third kappa shape index (κ3) is 2.69. The van der Waals surface area contributed by atoms with Crippen LogP contribution in [0.5, 0.6) is 0 Å². The Hall–Kier alpha value is -2.70. The van der Waals surface area contributed by atoms with Crippen molar-refractivity contribution in [2.45, 2.75) is 12.2 Å². The van der Waals surface area contributed by atoms with Crippen molar-refractivity contribution in [3.8, 4) is 11.5 Å². The van der Waals surface area contributed by atoms with Gasteiger partial charge < -0.3 is 4.57 Å². The van der Waals surface area contributed by atoms with Crippen molar-refractivity contribution < 1.29 is 13.2 Å². The lowest BCUT2D eigenvalue weighted by molar-refractivity contribution is -0.157. The molecule has 0 amide bonds. The molecule has 0 saturated carbocycles. The summed E-state index contributed by atoms with van der Waals surface area (Å²) in [6.45, 7) is 0. The highest BCUT2D eigenvalue weighted by atomic mass is 19.4. The summed E-state index contributed by atoms with van der Waals surface area (Å²) in [5.74, 6) is 0.147. The summed E-state index contributed by atoms with van der Waals surface area (Å²) in [5, 5.41) is 0. The molecule has 112 valence electrons. The maximum Gasteiger partial charge on any atom is 0.414 e. The number of nitrogens with zero attached hydrogens (tertiary/aromatic N) is 4. The second-order valence-electron chi connectivity index (χ2n) is 4.57. The first kappa shape index (κ1) is 14.2. The molecule has 3 aromatic rings. The monoisotopic (exact) mass is 304 g/mol. The maximum atomic E-state index is 13.6. The van der Waals surface area contributed by atoms with Crippen molar-refractivity contribution in [3.63, 3.8) is 0 Å². The fraction of sp³-hybridized carbons (Fsp3) is 0.133. The van der Waals surface area contributed by atoms with Crippen LogP contribution in [0.3, 0.4) is 0 Å². The predicted molar refractivity (Wildman–Crippen MR) is 73.9 cm³/mol. The van der Waals surface area contributed by atoms with E-state index in [4.69, 9.17) is 0 Å². The zero-order chi connectivity index (χ0) is 15.6. The van der Waals surface area contributed by atoms with Gasteiger partial charge >= 0.3 is 6.18 Å². The molecule has 0 aliphatic heterocycles. The predicted octanol–water partition coefficient (Wildman–Crippen LogP) is 3.49. The first-order chi connectivity index (χ1) is 10.6. The summed E-state index contributed by atoms with van der Waals surface area (Å²) in [5.41, 5.74) is 0.280. The van der Waals surface area contributed by atoms with Crippen LogP contribution in [0.2, 0.25) is 0 Å². The van der Waals surface area contributed by atoms with Gasteiger partial charge in [0.05, 0.1) is 5.69 Å². The molecule has 22 heavy (non-hydrogen) atoms. The Labute approximate surface area is 124 Å². The summed E-state index contributed by atoms with van der Waals surface area (Å²) in [7, 11) is 0. The van der Waals surface area contributed by atoms with Crippen LogP contribution in [0.1, 0.15) is 11.7 Å². The summed E-state index contributed by atoms with van der Waals surface area (Å²) in [4.78, 5) is 11.9. The highest BCUT2D eigenvalue weighted by molar-refractivity contribution is 5.50. The van der Waals surface area contributed by atoms with Crippen LogP contribution < -0.4 is 0 Å². The van der Waals surface area contributed by atoms with Gasteiger partial charge in [0.1, 0.15) is 5.69 Å². The quantitative estimate of drug-likeness (QED) is 0.744. The average molecular weight is 304 g/mol. The number of halogens is 3. The Morgan fingerprint density at radius 2 is 1.59 bits per heavy atom. The number of aromatic nitrogens is 4. The van der Waals surface area contributed by atoms with Crippen LogP contribution >= 0.6 is 0 Å². The Morgan fingerprint density at radius 3 is 2.18 bits per heavy atom. The van der Waals surface area contributed by atoms with Crippen LogP contribution in [-0.4, -0.2) is 25.7 Å². The number of hydrogen-bond donors (Lipinski definition) is 0. The standard InChI is InChI=1S/C15H11F3N4/c16-15(17,18)13(11-5-1-3-7-19-11)22-10-9-21-14(22)12-6-2-4-8-20-12/h1-10,13H/t13-/m0/s1. The fourth-order valence-electron chi connectivity index (χ4n) is 2.22. The van der Waals surface area contributed by atoms with E-state index in [1.165, 1.54) is 36.9 Å². The molecule has 0 aliphatic carbocycles. The van der Waals surface area contributed by atoms with Gasteiger partial charge in [-0.25, -0.2) is 4.98 Å². The van der Waals surface area contributed by atoms with Gasteiger partial charge in [-0.15, -0.1) is 0 Å². The molecule has 7 heteroatoms. The molecule has 0 N–H and O–H groups in total. The van der Waals surface area contributed by atoms with E-state index in [1.807, 2.05) is 0 Å². The lowest BCUT2D eigenvalue weighted by Gasteiger charge is -2.22. The molecule has 3 aromatic heterocycles. The summed E-state index contributed by atoms with van der Waals surface area (Å²) < 4.78 is 41.7. The van der Waals surface area contributed by atoms with E-state index in [-0.39, 0.29) is 11.5 Å². The molecule has 0 spiro atoms. The molecular weight excluding hydrogens is 293 g/mol. The van der Waals surface area contributed by atoms with E-state index in [1.54, 1.807) is 24.3 Å². The minimum absolute atomic E-state index is 0.0924. The van der Waals surface area contributed by atoms with Gasteiger partial charge in [0.15, 0.2) is 11.9 Å². The number of imidazole rings is 1. The Kier molecular flexibility index (Phi) is 3.62. The van der Waals surface area contributed by atoms with Crippen molar-refractivity contribution in [2.75, 3.05) is 0 Å². The lowest BCUT2D eigenvalue weighted by atomic mass is 10.1. The Bertz CT molecular complexity index is 738. The van der Waals surface area contributed by atoms with Gasteiger partial charge in [-0.2, -0.15) is 13.2 Å². The van der Waals surface area contributed by atoms with Crippen molar-refractivity contribution >= 4 is 0 Å². The highest BCUT2D eigenvalue weighted by Crippen LogP contribution is 2.37. The fourth-order valence-corrected chi connectivity index (χ4v) is 2.22. The third-order valence-corrected chi connectivity index (χ3v) is 3.12. The van der Waals surface area contributed by atoms with Crippen molar-refractivity contribution in [1.82, 2.24) is 19.5 Å². The SMILES string of the molecule is FC(F)(F)[C@H](c1ccccn1)n1ccnc1-c1ccccn1. The van der Waals surface area contributed by atoms with Crippen LogP contribution in [0.25, 0.3) is 11.5 Å². The minimum atomic E-state index is -4.50. The molecule has 0 fully saturated rings. The van der Waals surface area contributed by atoms with Crippen LogP contribution in [0, 0.1) is 0 Å². The van der Waals surface area contributed by atoms with Gasteiger partial charge in [-0.05, 0) is 24.3 Å². The van der Waals surface area contributed by atoms with E-state index >= 15 is 0 Å². The molecule has 0 aromatic carbocycles. The molecule has 4 nitrogen and oxygen atoms in total. The Morgan fingerprint density at radius 1 is 0.864 bits per heavy atom. The van der Waals surface area contributed by atoms with Gasteiger partial charge in [-0.1, -0.05) is 12.1 Å². The minimum Gasteiger partial charge on any atom is -0.312 e. The number of rotatable bonds is 3. The van der Waals surface area contributed by atoms with Crippen molar-refractivity contribution in [1.29, 1.82) is 0 Å². The molecule has 3 heterocycles. The van der Waals surface area contributed by atoms with Gasteiger partial charge in [0.25, 0.3) is 0 Å². The first-order valence-corrected chi connectivity index (χ1v) is 6.49. The molecular formula is C15H11F3N4. The second kappa shape index (κ2) is 5.59. The number of hydrogen-bond acceptors (Lipinski definition) is 3. The zero-order valence-corrected chi connectivity index (χ0v) is 11.3. The summed E-state index contributed by atoms with van der Waals surface area (Å²) in [6.07, 6.45) is 0.963. The summed E-state index contributed by atoms with van der Waals surface area (Å²) in [6, 6.07) is 7.54. The van der Waals surface area contributed by atoms with Crippen LogP contribution in [0.15, 0.2) is 61.2 Å². The zero-order valence-electron chi connectivity index (χ0n) is 11.3. The van der Waals surface area contributed by atoms with Crippen LogP contribution in [-0.2, 0) is 0 Å². The van der Waals surface area contributed by atoms with Crippen molar-refractivity contribution in [3.05, 3.63) is 66.9 Å². The molecule has 0 unspecified atom stereocenters. The van der Waals surface area contributed by atoms with E-state index in [0.29, 0.717) is 5.69 Å². The lowest BCUT2D eigenvalue weighted by Crippen LogP contribution is -2.28. The molecule has 1 atom stereocenters. The van der Waals surface area contributed by atoms with Crippen molar-refractivity contribution in [2.24, 2.45) is 0 Å². The van der Waals surface area contributed by atoms with Crippen LogP contribution in [0.4, 0.5) is 13.2 Å². The number of pyridine rings is 2. The highest BCUT2D eigenvalue weighted by Gasteiger charge is 2.44. The van der Waals surface area contributed by atoms with Gasteiger partial charge in [-0.3, -0.25) is 9.97 Å². The third-order valence-electron chi connectivity index (χ3n) is 3.12. The van der Waals surface area contributed by atoms with Gasteiger partial charge in [0.2, 0.25) is 0 Å².